The van der Waals surface area contributed by atoms with E-state index in [1.165, 1.54) is 23.5 Å². The average Bonchev–Trinajstić information content (AvgIpc) is 2.97. The number of nitrogens with zero attached hydrogens (tertiary/aromatic N) is 2. The summed E-state index contributed by atoms with van der Waals surface area (Å²) in [7, 11) is -4.06. The van der Waals surface area contributed by atoms with Crippen LogP contribution >= 0.6 is 0 Å². The number of amides is 2. The Bertz CT molecular complexity index is 1360. The maximum atomic E-state index is 14.1. The summed E-state index contributed by atoms with van der Waals surface area (Å²) in [6.07, 6.45) is 5.62. The molecule has 40 heavy (non-hydrogen) atoms. The molecule has 3 aromatic rings. The van der Waals surface area contributed by atoms with Gasteiger partial charge in [0, 0.05) is 12.6 Å². The molecule has 0 bridgehead atoms. The molecule has 0 saturated heterocycles. The van der Waals surface area contributed by atoms with E-state index in [4.69, 9.17) is 0 Å². The van der Waals surface area contributed by atoms with Gasteiger partial charge in [0.25, 0.3) is 10.0 Å². The highest BCUT2D eigenvalue weighted by molar-refractivity contribution is 7.92. The molecular formula is C32H39N3O4S. The molecule has 212 valence electrons. The largest absolute Gasteiger partial charge is 0.352 e. The molecule has 1 atom stereocenters. The number of hydrogen-bond acceptors (Lipinski definition) is 4. The lowest BCUT2D eigenvalue weighted by Gasteiger charge is -2.34. The van der Waals surface area contributed by atoms with Crippen LogP contribution in [0.5, 0.6) is 0 Å². The second kappa shape index (κ2) is 13.6. The third-order valence-electron chi connectivity index (χ3n) is 7.47. The molecule has 1 aliphatic carbocycles. The molecule has 2 amide bonds. The van der Waals surface area contributed by atoms with Gasteiger partial charge in [-0.3, -0.25) is 13.9 Å². The lowest BCUT2D eigenvalue weighted by atomic mass is 9.95. The standard InChI is InChI=1S/C32H39N3O4S/c1-3-30(32(37)33-27-15-9-5-10-16-27)34(23-26-13-7-4-8-14-26)31(36)24-35(28-21-19-25(2)20-22-28)40(38,39)29-17-11-6-12-18-29/h4,6-8,11-14,17-22,27,30H,3,5,9-10,15-16,23-24H2,1-2H3,(H,33,37). The van der Waals surface area contributed by atoms with Crippen LogP contribution in [0.25, 0.3) is 0 Å². The second-order valence-electron chi connectivity index (χ2n) is 10.4. The maximum Gasteiger partial charge on any atom is 0.264 e. The fourth-order valence-electron chi connectivity index (χ4n) is 5.20. The summed E-state index contributed by atoms with van der Waals surface area (Å²) in [6, 6.07) is 24.0. The Labute approximate surface area is 238 Å². The van der Waals surface area contributed by atoms with Crippen molar-refractivity contribution >= 4 is 27.5 Å². The van der Waals surface area contributed by atoms with Crippen LogP contribution in [0.1, 0.15) is 56.6 Å². The van der Waals surface area contributed by atoms with E-state index in [1.807, 2.05) is 56.3 Å². The van der Waals surface area contributed by atoms with Crippen molar-refractivity contribution in [2.45, 2.75) is 75.9 Å². The summed E-state index contributed by atoms with van der Waals surface area (Å²) in [5.41, 5.74) is 2.23. The van der Waals surface area contributed by atoms with Crippen molar-refractivity contribution in [2.24, 2.45) is 0 Å². The van der Waals surface area contributed by atoms with Crippen LogP contribution in [0.4, 0.5) is 5.69 Å². The average molecular weight is 562 g/mol. The minimum atomic E-state index is -4.06. The molecule has 1 N–H and O–H groups in total. The number of hydrogen-bond donors (Lipinski definition) is 1. The van der Waals surface area contributed by atoms with Crippen LogP contribution in [0, 0.1) is 6.92 Å². The Morgan fingerprint density at radius 2 is 1.48 bits per heavy atom. The Balaban J connectivity index is 1.67. The van der Waals surface area contributed by atoms with Crippen molar-refractivity contribution in [1.82, 2.24) is 10.2 Å². The van der Waals surface area contributed by atoms with Crippen LogP contribution in [-0.4, -0.2) is 43.8 Å². The molecule has 4 rings (SSSR count). The van der Waals surface area contributed by atoms with Gasteiger partial charge in [-0.2, -0.15) is 0 Å². The van der Waals surface area contributed by atoms with Crippen LogP contribution in [0.2, 0.25) is 0 Å². The van der Waals surface area contributed by atoms with Crippen molar-refractivity contribution in [1.29, 1.82) is 0 Å². The van der Waals surface area contributed by atoms with Gasteiger partial charge in [0.1, 0.15) is 12.6 Å². The zero-order valence-electron chi connectivity index (χ0n) is 23.3. The molecule has 1 saturated carbocycles. The third kappa shape index (κ3) is 7.30. The summed E-state index contributed by atoms with van der Waals surface area (Å²) in [5.74, 6) is -0.624. The van der Waals surface area contributed by atoms with E-state index >= 15 is 0 Å². The quantitative estimate of drug-likeness (QED) is 0.338. The van der Waals surface area contributed by atoms with E-state index in [0.29, 0.717) is 12.1 Å². The fraction of sp³-hybridized carbons (Fsp3) is 0.375. The predicted molar refractivity (Wildman–Crippen MR) is 158 cm³/mol. The van der Waals surface area contributed by atoms with Crippen molar-refractivity contribution < 1.29 is 18.0 Å². The van der Waals surface area contributed by atoms with Gasteiger partial charge in [0.05, 0.1) is 10.6 Å². The minimum Gasteiger partial charge on any atom is -0.352 e. The molecule has 0 radical (unpaired) electrons. The Morgan fingerprint density at radius 3 is 2.08 bits per heavy atom. The van der Waals surface area contributed by atoms with E-state index in [0.717, 1.165) is 41.1 Å². The highest BCUT2D eigenvalue weighted by atomic mass is 32.2. The number of benzene rings is 3. The Morgan fingerprint density at radius 1 is 0.875 bits per heavy atom. The third-order valence-corrected chi connectivity index (χ3v) is 9.25. The summed E-state index contributed by atoms with van der Waals surface area (Å²) in [6.45, 7) is 3.57. The van der Waals surface area contributed by atoms with Crippen molar-refractivity contribution in [3.8, 4) is 0 Å². The van der Waals surface area contributed by atoms with Gasteiger partial charge in [0.15, 0.2) is 0 Å². The zero-order valence-corrected chi connectivity index (χ0v) is 24.1. The SMILES string of the molecule is CCC(C(=O)NC1CCCCC1)N(Cc1ccccc1)C(=O)CN(c1ccc(C)cc1)S(=O)(=O)c1ccccc1. The molecule has 1 aliphatic rings. The van der Waals surface area contributed by atoms with E-state index in [9.17, 15) is 18.0 Å². The van der Waals surface area contributed by atoms with E-state index in [1.54, 1.807) is 30.3 Å². The first kappa shape index (κ1) is 29.3. The van der Waals surface area contributed by atoms with Gasteiger partial charge >= 0.3 is 0 Å². The molecule has 0 aliphatic heterocycles. The number of aryl methyl sites for hydroxylation is 1. The number of nitrogens with one attached hydrogen (secondary N) is 1. The molecule has 0 aromatic heterocycles. The van der Waals surface area contributed by atoms with E-state index in [-0.39, 0.29) is 23.4 Å². The van der Waals surface area contributed by atoms with Crippen molar-refractivity contribution in [3.63, 3.8) is 0 Å². The molecule has 1 unspecified atom stereocenters. The summed E-state index contributed by atoms with van der Waals surface area (Å²) in [5, 5.41) is 3.17. The predicted octanol–water partition coefficient (Wildman–Crippen LogP) is 5.45. The zero-order chi connectivity index (χ0) is 28.5. The lowest BCUT2D eigenvalue weighted by molar-refractivity contribution is -0.140. The van der Waals surface area contributed by atoms with Crippen LogP contribution in [0.15, 0.2) is 89.8 Å². The van der Waals surface area contributed by atoms with E-state index < -0.39 is 28.5 Å². The summed E-state index contributed by atoms with van der Waals surface area (Å²) in [4.78, 5) is 29.3. The number of anilines is 1. The van der Waals surface area contributed by atoms with Gasteiger partial charge in [-0.15, -0.1) is 0 Å². The maximum absolute atomic E-state index is 14.1. The number of rotatable bonds is 11. The minimum absolute atomic E-state index is 0.0973. The molecule has 7 nitrogen and oxygen atoms in total. The molecule has 0 spiro atoms. The summed E-state index contributed by atoms with van der Waals surface area (Å²) < 4.78 is 28.8. The smallest absolute Gasteiger partial charge is 0.264 e. The molecule has 8 heteroatoms. The van der Waals surface area contributed by atoms with Gasteiger partial charge in [-0.25, -0.2) is 8.42 Å². The number of carbonyl (C=O) groups excluding carboxylic acids is 2. The summed E-state index contributed by atoms with van der Waals surface area (Å²) >= 11 is 0. The fourth-order valence-corrected chi connectivity index (χ4v) is 6.64. The highest BCUT2D eigenvalue weighted by Crippen LogP contribution is 2.25. The Hall–Kier alpha value is -3.65. The van der Waals surface area contributed by atoms with Gasteiger partial charge in [-0.1, -0.05) is 92.4 Å². The van der Waals surface area contributed by atoms with Crippen LogP contribution in [-0.2, 0) is 26.2 Å². The Kier molecular flexibility index (Phi) is 9.98. The molecule has 1 fully saturated rings. The van der Waals surface area contributed by atoms with Gasteiger partial charge in [-0.05, 0) is 56.0 Å². The van der Waals surface area contributed by atoms with Crippen LogP contribution in [0.3, 0.4) is 0 Å². The first-order valence-corrected chi connectivity index (χ1v) is 15.5. The topological polar surface area (TPSA) is 86.8 Å². The van der Waals surface area contributed by atoms with Crippen molar-refractivity contribution in [3.05, 3.63) is 96.1 Å². The van der Waals surface area contributed by atoms with Crippen molar-refractivity contribution in [2.75, 3.05) is 10.8 Å². The first-order chi connectivity index (χ1) is 19.3. The number of sulfonamides is 1. The van der Waals surface area contributed by atoms with Gasteiger partial charge < -0.3 is 10.2 Å². The molecular weight excluding hydrogens is 522 g/mol. The molecule has 3 aromatic carbocycles. The monoisotopic (exact) mass is 561 g/mol. The first-order valence-electron chi connectivity index (χ1n) is 14.1. The van der Waals surface area contributed by atoms with E-state index in [2.05, 4.69) is 5.32 Å². The normalized spacial score (nSPS) is 14.8. The highest BCUT2D eigenvalue weighted by Gasteiger charge is 2.34. The van der Waals surface area contributed by atoms with Crippen LogP contribution < -0.4 is 9.62 Å². The molecule has 0 heterocycles. The second-order valence-corrected chi connectivity index (χ2v) is 12.3. The van der Waals surface area contributed by atoms with Gasteiger partial charge in [0.2, 0.25) is 11.8 Å². The lowest BCUT2D eigenvalue weighted by Crippen LogP contribution is -2.54. The number of carbonyl (C=O) groups is 2.